The lowest BCUT2D eigenvalue weighted by atomic mass is 10.1. The van der Waals surface area contributed by atoms with Gasteiger partial charge >= 0.3 is 5.97 Å². The van der Waals surface area contributed by atoms with Gasteiger partial charge in [-0.25, -0.2) is 0 Å². The zero-order valence-electron chi connectivity index (χ0n) is 14.0. The number of carboxylic acids is 1. The van der Waals surface area contributed by atoms with Crippen LogP contribution in [0.5, 0.6) is 0 Å². The fraction of sp³-hybridized carbons (Fsp3) is 0.211. The van der Waals surface area contributed by atoms with Gasteiger partial charge in [0.1, 0.15) is 6.04 Å². The Balaban J connectivity index is 1.75. The molecule has 0 fully saturated rings. The molecule has 0 saturated carbocycles. The van der Waals surface area contributed by atoms with Crippen molar-refractivity contribution in [3.05, 3.63) is 83.9 Å². The van der Waals surface area contributed by atoms with E-state index >= 15 is 0 Å². The lowest BCUT2D eigenvalue weighted by Gasteiger charge is -2.23. The van der Waals surface area contributed by atoms with Crippen molar-refractivity contribution in [2.24, 2.45) is 0 Å². The molecule has 3 rings (SSSR count). The largest absolute Gasteiger partial charge is 0.480 e. The van der Waals surface area contributed by atoms with Crippen molar-refractivity contribution in [1.82, 2.24) is 19.7 Å². The molecule has 0 saturated heterocycles. The second-order valence-corrected chi connectivity index (χ2v) is 5.93. The van der Waals surface area contributed by atoms with Gasteiger partial charge < -0.3 is 5.11 Å². The summed E-state index contributed by atoms with van der Waals surface area (Å²) in [6.07, 6.45) is 5.12. The van der Waals surface area contributed by atoms with Crippen molar-refractivity contribution < 1.29 is 9.90 Å². The van der Waals surface area contributed by atoms with E-state index in [1.807, 2.05) is 48.5 Å². The topological polar surface area (TPSA) is 71.2 Å². The van der Waals surface area contributed by atoms with Crippen LogP contribution in [-0.2, 0) is 17.9 Å². The van der Waals surface area contributed by atoms with Gasteiger partial charge in [0.15, 0.2) is 0 Å². The SMILES string of the molecule is CN(Cc1ccccn1)[C@H](C(=O)O)c1cnn(Cc2ccccc2)c1. The van der Waals surface area contributed by atoms with Crippen LogP contribution in [0.1, 0.15) is 22.9 Å². The zero-order valence-corrected chi connectivity index (χ0v) is 14.0. The van der Waals surface area contributed by atoms with Gasteiger partial charge in [0.25, 0.3) is 0 Å². The molecular formula is C19H20N4O2. The van der Waals surface area contributed by atoms with E-state index in [9.17, 15) is 9.90 Å². The van der Waals surface area contributed by atoms with Crippen molar-refractivity contribution in [3.8, 4) is 0 Å². The van der Waals surface area contributed by atoms with Crippen LogP contribution in [-0.4, -0.2) is 37.8 Å². The number of rotatable bonds is 7. The maximum atomic E-state index is 11.8. The monoisotopic (exact) mass is 336 g/mol. The molecular weight excluding hydrogens is 316 g/mol. The van der Waals surface area contributed by atoms with E-state index in [-0.39, 0.29) is 0 Å². The number of aliphatic carboxylic acids is 1. The fourth-order valence-electron chi connectivity index (χ4n) is 2.80. The first-order valence-electron chi connectivity index (χ1n) is 8.02. The minimum atomic E-state index is -0.905. The predicted octanol–water partition coefficient (Wildman–Crippen LogP) is 2.58. The van der Waals surface area contributed by atoms with Gasteiger partial charge in [0.05, 0.1) is 18.4 Å². The Morgan fingerprint density at radius 3 is 2.64 bits per heavy atom. The average Bonchev–Trinajstić information content (AvgIpc) is 3.04. The van der Waals surface area contributed by atoms with Gasteiger partial charge in [-0.1, -0.05) is 36.4 Å². The lowest BCUT2D eigenvalue weighted by molar-refractivity contribution is -0.143. The van der Waals surface area contributed by atoms with E-state index in [2.05, 4.69) is 10.1 Å². The molecule has 2 heterocycles. The summed E-state index contributed by atoms with van der Waals surface area (Å²) in [7, 11) is 1.78. The Kier molecular flexibility index (Phi) is 5.20. The molecule has 0 aliphatic carbocycles. The lowest BCUT2D eigenvalue weighted by Crippen LogP contribution is -2.30. The molecule has 1 atom stereocenters. The third-order valence-corrected chi connectivity index (χ3v) is 3.97. The molecule has 1 N–H and O–H groups in total. The van der Waals surface area contributed by atoms with Crippen LogP contribution in [0, 0.1) is 0 Å². The Bertz CT molecular complexity index is 818. The van der Waals surface area contributed by atoms with E-state index in [1.54, 1.807) is 35.2 Å². The summed E-state index contributed by atoms with van der Waals surface area (Å²) in [4.78, 5) is 17.8. The third-order valence-electron chi connectivity index (χ3n) is 3.97. The summed E-state index contributed by atoms with van der Waals surface area (Å²) in [5, 5.41) is 14.0. The molecule has 0 bridgehead atoms. The van der Waals surface area contributed by atoms with Crippen molar-refractivity contribution >= 4 is 5.97 Å². The first kappa shape index (κ1) is 16.9. The number of carboxylic acid groups (broad SMARTS) is 1. The molecule has 3 aromatic rings. The number of aromatic nitrogens is 3. The normalized spacial score (nSPS) is 12.2. The molecule has 128 valence electrons. The Hall–Kier alpha value is -2.99. The summed E-state index contributed by atoms with van der Waals surface area (Å²) in [6, 6.07) is 14.8. The highest BCUT2D eigenvalue weighted by Gasteiger charge is 2.26. The van der Waals surface area contributed by atoms with E-state index in [0.717, 1.165) is 11.3 Å². The Labute approximate surface area is 146 Å². The number of carbonyl (C=O) groups is 1. The third kappa shape index (κ3) is 4.30. The van der Waals surface area contributed by atoms with Crippen molar-refractivity contribution in [3.63, 3.8) is 0 Å². The van der Waals surface area contributed by atoms with E-state index in [4.69, 9.17) is 0 Å². The van der Waals surface area contributed by atoms with Crippen LogP contribution in [0.2, 0.25) is 0 Å². The zero-order chi connectivity index (χ0) is 17.6. The number of pyridine rings is 1. The minimum Gasteiger partial charge on any atom is -0.480 e. The van der Waals surface area contributed by atoms with E-state index < -0.39 is 12.0 Å². The number of benzene rings is 1. The van der Waals surface area contributed by atoms with Crippen LogP contribution in [0.15, 0.2) is 67.1 Å². The Morgan fingerprint density at radius 2 is 1.96 bits per heavy atom. The van der Waals surface area contributed by atoms with E-state index in [0.29, 0.717) is 18.7 Å². The summed E-state index contributed by atoms with van der Waals surface area (Å²) in [5.41, 5.74) is 2.60. The van der Waals surface area contributed by atoms with Gasteiger partial charge in [-0.05, 0) is 24.7 Å². The number of hydrogen-bond donors (Lipinski definition) is 1. The molecule has 6 nitrogen and oxygen atoms in total. The second-order valence-electron chi connectivity index (χ2n) is 5.93. The molecule has 0 radical (unpaired) electrons. The van der Waals surface area contributed by atoms with Crippen molar-refractivity contribution in [2.45, 2.75) is 19.1 Å². The molecule has 2 aromatic heterocycles. The maximum Gasteiger partial charge on any atom is 0.325 e. The molecule has 0 aliphatic heterocycles. The van der Waals surface area contributed by atoms with Gasteiger partial charge in [-0.2, -0.15) is 5.10 Å². The number of hydrogen-bond acceptors (Lipinski definition) is 4. The van der Waals surface area contributed by atoms with Gasteiger partial charge in [0.2, 0.25) is 0 Å². The summed E-state index contributed by atoms with van der Waals surface area (Å²) in [6.45, 7) is 1.05. The number of likely N-dealkylation sites (N-methyl/N-ethyl adjacent to an activating group) is 1. The quantitative estimate of drug-likeness (QED) is 0.718. The van der Waals surface area contributed by atoms with Gasteiger partial charge in [-0.15, -0.1) is 0 Å². The highest BCUT2D eigenvalue weighted by molar-refractivity contribution is 5.75. The molecule has 0 unspecified atom stereocenters. The molecule has 6 heteroatoms. The van der Waals surface area contributed by atoms with E-state index in [1.165, 1.54) is 0 Å². The first-order valence-corrected chi connectivity index (χ1v) is 8.02. The summed E-state index contributed by atoms with van der Waals surface area (Å²) < 4.78 is 1.76. The molecule has 0 amide bonds. The fourth-order valence-corrected chi connectivity index (χ4v) is 2.80. The summed E-state index contributed by atoms with van der Waals surface area (Å²) >= 11 is 0. The molecule has 25 heavy (non-hydrogen) atoms. The first-order chi connectivity index (χ1) is 12.1. The molecule has 1 aromatic carbocycles. The number of nitrogens with zero attached hydrogens (tertiary/aromatic N) is 4. The summed E-state index contributed by atoms with van der Waals surface area (Å²) in [5.74, 6) is -0.905. The van der Waals surface area contributed by atoms with Crippen LogP contribution < -0.4 is 0 Å². The smallest absolute Gasteiger partial charge is 0.325 e. The van der Waals surface area contributed by atoms with Gasteiger partial charge in [0, 0.05) is 24.5 Å². The highest BCUT2D eigenvalue weighted by Crippen LogP contribution is 2.21. The van der Waals surface area contributed by atoms with Gasteiger partial charge in [-0.3, -0.25) is 19.4 Å². The van der Waals surface area contributed by atoms with Crippen LogP contribution in [0.25, 0.3) is 0 Å². The van der Waals surface area contributed by atoms with Crippen LogP contribution in [0.3, 0.4) is 0 Å². The highest BCUT2D eigenvalue weighted by atomic mass is 16.4. The second kappa shape index (κ2) is 7.72. The van der Waals surface area contributed by atoms with Crippen LogP contribution in [0.4, 0.5) is 0 Å². The average molecular weight is 336 g/mol. The Morgan fingerprint density at radius 1 is 1.20 bits per heavy atom. The van der Waals surface area contributed by atoms with Crippen molar-refractivity contribution in [1.29, 1.82) is 0 Å². The molecule has 0 spiro atoms. The maximum absolute atomic E-state index is 11.8. The van der Waals surface area contributed by atoms with Crippen LogP contribution >= 0.6 is 0 Å². The van der Waals surface area contributed by atoms with Crippen molar-refractivity contribution in [2.75, 3.05) is 7.05 Å². The minimum absolute atomic E-state index is 0.446. The standard InChI is InChI=1S/C19H20N4O2/c1-22(14-17-9-5-6-10-20-17)18(19(24)25)16-11-21-23(13-16)12-15-7-3-2-4-8-15/h2-11,13,18H,12,14H2,1H3,(H,24,25)/t18-/m0/s1. The predicted molar refractivity (Wildman–Crippen MR) is 93.9 cm³/mol. The molecule has 0 aliphatic rings.